The van der Waals surface area contributed by atoms with Crippen LogP contribution in [0, 0.1) is 17.8 Å². The number of amides is 2. The number of methoxy groups -OCH3 is 1. The van der Waals surface area contributed by atoms with Gasteiger partial charge in [0.05, 0.1) is 29.1 Å². The van der Waals surface area contributed by atoms with Gasteiger partial charge in [-0.05, 0) is 61.3 Å². The smallest absolute Gasteiger partial charge is 0.290 e. The first-order valence-corrected chi connectivity index (χ1v) is 13.1. The van der Waals surface area contributed by atoms with E-state index in [0.29, 0.717) is 51.7 Å². The molecule has 0 aliphatic carbocycles. The van der Waals surface area contributed by atoms with Crippen molar-refractivity contribution in [1.82, 2.24) is 30.6 Å². The van der Waals surface area contributed by atoms with Crippen molar-refractivity contribution in [3.8, 4) is 17.0 Å². The molecule has 2 saturated heterocycles. The number of rotatable bonds is 8. The number of carbonyl (C=O) groups is 2. The van der Waals surface area contributed by atoms with E-state index in [9.17, 15) is 18.4 Å². The zero-order chi connectivity index (χ0) is 27.4. The maximum Gasteiger partial charge on any atom is 0.290 e. The largest absolute Gasteiger partial charge is 0.495 e. The molecule has 3 aromatic rings. The highest BCUT2D eigenvalue weighted by molar-refractivity contribution is 8.18. The van der Waals surface area contributed by atoms with Crippen LogP contribution in [0.15, 0.2) is 41.4 Å². The van der Waals surface area contributed by atoms with Crippen molar-refractivity contribution in [2.45, 2.75) is 19.4 Å². The monoisotopic (exact) mass is 553 g/mol. The minimum Gasteiger partial charge on any atom is -0.495 e. The fourth-order valence-corrected chi connectivity index (χ4v) is 5.12. The molecule has 10 nitrogen and oxygen atoms in total. The van der Waals surface area contributed by atoms with Crippen molar-refractivity contribution in [2.75, 3.05) is 31.6 Å². The van der Waals surface area contributed by atoms with E-state index in [1.807, 2.05) is 0 Å². The van der Waals surface area contributed by atoms with Crippen LogP contribution in [0.5, 0.6) is 5.75 Å². The molecule has 0 saturated carbocycles. The number of hydrogen-bond acceptors (Lipinski definition) is 10. The summed E-state index contributed by atoms with van der Waals surface area (Å²) in [5, 5.41) is 5.27. The van der Waals surface area contributed by atoms with E-state index >= 15 is 0 Å². The van der Waals surface area contributed by atoms with Gasteiger partial charge in [0.15, 0.2) is 0 Å². The summed E-state index contributed by atoms with van der Waals surface area (Å²) in [6, 6.07) is 7.37. The highest BCUT2D eigenvalue weighted by Gasteiger charge is 2.26. The first kappa shape index (κ1) is 26.6. The molecular weight excluding hydrogens is 528 g/mol. The Morgan fingerprint density at radius 3 is 2.59 bits per heavy atom. The van der Waals surface area contributed by atoms with Gasteiger partial charge in [-0.1, -0.05) is 0 Å². The van der Waals surface area contributed by atoms with Gasteiger partial charge in [-0.3, -0.25) is 14.9 Å². The number of ether oxygens (including phenoxy) is 1. The lowest BCUT2D eigenvalue weighted by Crippen LogP contribution is -2.38. The second kappa shape index (κ2) is 11.8. The number of piperidine rings is 1. The SMILES string of the molecule is COc1ccc(-c2cc(F)nc(F)c2)nc1CNCC1CCN(c2nccc(/C=C3\SC(=O)NC3=O)n2)CC1. The highest BCUT2D eigenvalue weighted by Crippen LogP contribution is 2.27. The Bertz CT molecular complexity index is 1410. The van der Waals surface area contributed by atoms with E-state index in [1.165, 1.54) is 0 Å². The van der Waals surface area contributed by atoms with Gasteiger partial charge in [0, 0.05) is 43.5 Å². The number of halogens is 2. The molecule has 0 unspecified atom stereocenters. The van der Waals surface area contributed by atoms with Crippen LogP contribution in [-0.2, 0) is 11.3 Å². The fraction of sp³-hybridized carbons (Fsp3) is 0.308. The Balaban J connectivity index is 1.16. The Kier molecular flexibility index (Phi) is 8.07. The average molecular weight is 554 g/mol. The van der Waals surface area contributed by atoms with Gasteiger partial charge < -0.3 is 15.0 Å². The Hall–Kier alpha value is -3.97. The third kappa shape index (κ3) is 6.55. The summed E-state index contributed by atoms with van der Waals surface area (Å²) in [7, 11) is 1.55. The van der Waals surface area contributed by atoms with Crippen LogP contribution in [0.25, 0.3) is 17.3 Å². The van der Waals surface area contributed by atoms with Crippen molar-refractivity contribution in [3.63, 3.8) is 0 Å². The van der Waals surface area contributed by atoms with Crippen molar-refractivity contribution >= 4 is 34.9 Å². The van der Waals surface area contributed by atoms with Gasteiger partial charge in [-0.25, -0.2) is 15.0 Å². The third-order valence-electron chi connectivity index (χ3n) is 6.42. The molecule has 0 bridgehead atoms. The molecule has 2 fully saturated rings. The van der Waals surface area contributed by atoms with Crippen LogP contribution in [0.2, 0.25) is 0 Å². The molecule has 2 amide bonds. The first-order chi connectivity index (χ1) is 18.9. The lowest BCUT2D eigenvalue weighted by molar-refractivity contribution is -0.115. The van der Waals surface area contributed by atoms with Gasteiger partial charge in [0.2, 0.25) is 17.8 Å². The average Bonchev–Trinajstić information content (AvgIpc) is 3.24. The van der Waals surface area contributed by atoms with Crippen molar-refractivity contribution < 1.29 is 23.1 Å². The molecule has 0 aromatic carbocycles. The molecule has 0 atom stereocenters. The van der Waals surface area contributed by atoms with Gasteiger partial charge in [0.25, 0.3) is 11.1 Å². The summed E-state index contributed by atoms with van der Waals surface area (Å²) in [5.41, 5.74) is 1.94. The van der Waals surface area contributed by atoms with E-state index in [4.69, 9.17) is 4.74 Å². The van der Waals surface area contributed by atoms with Crippen LogP contribution >= 0.6 is 11.8 Å². The highest BCUT2D eigenvalue weighted by atomic mass is 32.2. The molecule has 39 heavy (non-hydrogen) atoms. The van der Waals surface area contributed by atoms with Gasteiger partial charge in [0.1, 0.15) is 5.75 Å². The topological polar surface area (TPSA) is 122 Å². The fourth-order valence-electron chi connectivity index (χ4n) is 4.46. The summed E-state index contributed by atoms with van der Waals surface area (Å²) >= 11 is 0.855. The summed E-state index contributed by atoms with van der Waals surface area (Å²) in [6.45, 7) is 2.74. The molecule has 13 heteroatoms. The van der Waals surface area contributed by atoms with Crippen LogP contribution in [0.4, 0.5) is 19.5 Å². The first-order valence-electron chi connectivity index (χ1n) is 12.3. The molecule has 5 rings (SSSR count). The van der Waals surface area contributed by atoms with Gasteiger partial charge >= 0.3 is 0 Å². The molecule has 0 radical (unpaired) electrons. The van der Waals surface area contributed by atoms with Gasteiger partial charge in [-0.2, -0.15) is 13.8 Å². The minimum absolute atomic E-state index is 0.303. The molecular formula is C26H25F2N7O3S. The zero-order valence-electron chi connectivity index (χ0n) is 21.0. The minimum atomic E-state index is -0.903. The van der Waals surface area contributed by atoms with Crippen molar-refractivity contribution in [2.24, 2.45) is 5.92 Å². The normalized spacial score (nSPS) is 17.1. The Morgan fingerprint density at radius 2 is 1.90 bits per heavy atom. The number of hydrogen-bond donors (Lipinski definition) is 2. The summed E-state index contributed by atoms with van der Waals surface area (Å²) in [6.07, 6.45) is 5.08. The van der Waals surface area contributed by atoms with Crippen LogP contribution in [0.3, 0.4) is 0 Å². The number of thioether (sulfide) groups is 1. The molecule has 3 aromatic heterocycles. The van der Waals surface area contributed by atoms with Gasteiger partial charge in [-0.15, -0.1) is 0 Å². The van der Waals surface area contributed by atoms with Crippen LogP contribution < -0.4 is 20.3 Å². The summed E-state index contributed by atoms with van der Waals surface area (Å²) in [4.78, 5) is 42.2. The van der Waals surface area contributed by atoms with Crippen LogP contribution in [0.1, 0.15) is 24.2 Å². The summed E-state index contributed by atoms with van der Waals surface area (Å²) < 4.78 is 32.6. The summed E-state index contributed by atoms with van der Waals surface area (Å²) in [5.74, 6) is -0.632. The molecule has 0 spiro atoms. The Labute approximate surface area is 227 Å². The zero-order valence-corrected chi connectivity index (χ0v) is 21.8. The molecule has 2 aliphatic heterocycles. The quantitative estimate of drug-likeness (QED) is 0.316. The van der Waals surface area contributed by atoms with Crippen molar-refractivity contribution in [1.29, 1.82) is 0 Å². The van der Waals surface area contributed by atoms with Crippen LogP contribution in [-0.4, -0.2) is 57.8 Å². The number of imide groups is 1. The molecule has 5 heterocycles. The van der Waals surface area contributed by atoms with Crippen molar-refractivity contribution in [3.05, 3.63) is 64.7 Å². The molecule has 2 N–H and O–H groups in total. The number of aromatic nitrogens is 4. The van der Waals surface area contributed by atoms with E-state index in [0.717, 1.165) is 56.4 Å². The standard InChI is InChI=1S/C26H25F2N7O3S/c1-38-20-3-2-18(16-10-22(27)33-23(28)11-16)32-19(20)14-29-13-15-5-8-35(9-6-15)25-30-7-4-17(31-25)12-21-24(36)34-26(37)39-21/h2-4,7,10-12,15,29H,5-6,8-9,13-14H2,1H3,(H,34,36,37)/b21-12-. The van der Waals surface area contributed by atoms with E-state index < -0.39 is 23.0 Å². The van der Waals surface area contributed by atoms with E-state index in [2.05, 4.69) is 35.5 Å². The molecule has 2 aliphatic rings. The molecule has 202 valence electrons. The number of pyridine rings is 2. The Morgan fingerprint density at radius 1 is 1.13 bits per heavy atom. The second-order valence-electron chi connectivity index (χ2n) is 9.04. The number of carbonyl (C=O) groups excluding carboxylic acids is 2. The lowest BCUT2D eigenvalue weighted by atomic mass is 9.97. The number of nitrogens with zero attached hydrogens (tertiary/aromatic N) is 5. The lowest BCUT2D eigenvalue weighted by Gasteiger charge is -2.32. The number of nitrogens with one attached hydrogen (secondary N) is 2. The maximum atomic E-state index is 13.6. The predicted molar refractivity (Wildman–Crippen MR) is 142 cm³/mol. The number of anilines is 1. The van der Waals surface area contributed by atoms with E-state index in [-0.39, 0.29) is 0 Å². The maximum absolute atomic E-state index is 13.6. The predicted octanol–water partition coefficient (Wildman–Crippen LogP) is 3.55. The second-order valence-corrected chi connectivity index (χ2v) is 10.1. The van der Waals surface area contributed by atoms with E-state index in [1.54, 1.807) is 37.6 Å². The third-order valence-corrected chi connectivity index (χ3v) is 7.23.